The molecule has 0 radical (unpaired) electrons. The van der Waals surface area contributed by atoms with E-state index in [1.54, 1.807) is 4.90 Å². The molecule has 8 heteroatoms. The Balaban J connectivity index is 1.57. The Morgan fingerprint density at radius 2 is 1.92 bits per heavy atom. The predicted octanol–water partition coefficient (Wildman–Crippen LogP) is 0.394. The van der Waals surface area contributed by atoms with Crippen LogP contribution in [0.5, 0.6) is 0 Å². The van der Waals surface area contributed by atoms with Gasteiger partial charge in [0.15, 0.2) is 5.69 Å². The number of nitrogens with zero attached hydrogens (tertiary/aromatic N) is 4. The largest absolute Gasteiger partial charge is 0.350 e. The van der Waals surface area contributed by atoms with Crippen molar-refractivity contribution in [3.8, 4) is 0 Å². The highest BCUT2D eigenvalue weighted by Crippen LogP contribution is 2.28. The van der Waals surface area contributed by atoms with Crippen LogP contribution in [0.25, 0.3) is 0 Å². The molecule has 0 unspecified atom stereocenters. The number of fused-ring (bicyclic) bond motifs is 1. The number of carbonyl (C=O) groups excluding carboxylic acids is 2. The van der Waals surface area contributed by atoms with Gasteiger partial charge in [-0.1, -0.05) is 18.1 Å². The first-order chi connectivity index (χ1) is 12.1. The van der Waals surface area contributed by atoms with Crippen LogP contribution in [0.15, 0.2) is 0 Å². The molecular weight excluding hydrogens is 320 g/mol. The Labute approximate surface area is 147 Å². The molecule has 136 valence electrons. The first kappa shape index (κ1) is 16.5. The van der Waals surface area contributed by atoms with Crippen molar-refractivity contribution in [2.75, 3.05) is 19.6 Å². The zero-order chi connectivity index (χ0) is 17.4. The number of aromatic nitrogens is 3. The number of carbonyl (C=O) groups is 2. The van der Waals surface area contributed by atoms with Crippen LogP contribution in [0.4, 0.5) is 0 Å². The van der Waals surface area contributed by atoms with Gasteiger partial charge < -0.3 is 15.5 Å². The predicted molar refractivity (Wildman–Crippen MR) is 91.1 cm³/mol. The van der Waals surface area contributed by atoms with Gasteiger partial charge in [0.05, 0.1) is 17.8 Å². The number of nitrogens with one attached hydrogen (secondary N) is 2. The highest BCUT2D eigenvalue weighted by atomic mass is 16.2. The SMILES string of the molecule is Cc1c(C(=O)N2CC(=O)N[C@@H]3CCCC[C@@H]32)nnn1C1CCNCC1. The van der Waals surface area contributed by atoms with Gasteiger partial charge in [0.1, 0.15) is 6.54 Å². The Morgan fingerprint density at radius 1 is 1.16 bits per heavy atom. The Bertz CT molecular complexity index is 666. The maximum absolute atomic E-state index is 13.1. The zero-order valence-electron chi connectivity index (χ0n) is 14.7. The second kappa shape index (κ2) is 6.74. The molecule has 25 heavy (non-hydrogen) atoms. The lowest BCUT2D eigenvalue weighted by Crippen LogP contribution is -2.63. The van der Waals surface area contributed by atoms with Crippen LogP contribution in [-0.2, 0) is 4.79 Å². The van der Waals surface area contributed by atoms with Gasteiger partial charge in [-0.3, -0.25) is 9.59 Å². The van der Waals surface area contributed by atoms with Crippen molar-refractivity contribution < 1.29 is 9.59 Å². The summed E-state index contributed by atoms with van der Waals surface area (Å²) in [5.41, 5.74) is 1.22. The third-order valence-corrected chi connectivity index (χ3v) is 5.84. The van der Waals surface area contributed by atoms with E-state index in [1.807, 2.05) is 11.6 Å². The van der Waals surface area contributed by atoms with E-state index in [4.69, 9.17) is 0 Å². The quantitative estimate of drug-likeness (QED) is 0.808. The molecule has 3 heterocycles. The molecule has 2 N–H and O–H groups in total. The smallest absolute Gasteiger partial charge is 0.277 e. The Hall–Kier alpha value is -1.96. The second-order valence-electron chi connectivity index (χ2n) is 7.41. The van der Waals surface area contributed by atoms with Crippen LogP contribution in [0.2, 0.25) is 0 Å². The van der Waals surface area contributed by atoms with E-state index in [1.165, 1.54) is 0 Å². The summed E-state index contributed by atoms with van der Waals surface area (Å²) in [7, 11) is 0. The van der Waals surface area contributed by atoms with Gasteiger partial charge in [-0.15, -0.1) is 5.10 Å². The number of hydrogen-bond donors (Lipinski definition) is 2. The molecule has 0 spiro atoms. The maximum Gasteiger partial charge on any atom is 0.277 e. The Morgan fingerprint density at radius 3 is 2.72 bits per heavy atom. The van der Waals surface area contributed by atoms with Crippen molar-refractivity contribution >= 4 is 11.8 Å². The summed E-state index contributed by atoms with van der Waals surface area (Å²) in [6.45, 7) is 3.96. The molecule has 1 saturated carbocycles. The van der Waals surface area contributed by atoms with E-state index >= 15 is 0 Å². The fourth-order valence-corrected chi connectivity index (χ4v) is 4.47. The van der Waals surface area contributed by atoms with Gasteiger partial charge in [0, 0.05) is 6.04 Å². The number of piperidine rings is 1. The maximum atomic E-state index is 13.1. The summed E-state index contributed by atoms with van der Waals surface area (Å²) in [5.74, 6) is -0.218. The average Bonchev–Trinajstić information content (AvgIpc) is 3.02. The van der Waals surface area contributed by atoms with Gasteiger partial charge in [0.2, 0.25) is 5.91 Å². The Kier molecular flexibility index (Phi) is 4.45. The van der Waals surface area contributed by atoms with Crippen LogP contribution < -0.4 is 10.6 Å². The molecule has 2 aliphatic heterocycles. The van der Waals surface area contributed by atoms with E-state index < -0.39 is 0 Å². The highest BCUT2D eigenvalue weighted by Gasteiger charge is 2.40. The monoisotopic (exact) mass is 346 g/mol. The standard InChI is InChI=1S/C17H26N6O2/c1-11-16(20-21-23(11)12-6-8-18-9-7-12)17(25)22-10-15(24)19-13-4-2-3-5-14(13)22/h12-14,18H,2-10H2,1H3,(H,19,24)/t13-,14+/m1/s1. The molecule has 8 nitrogen and oxygen atoms in total. The third-order valence-electron chi connectivity index (χ3n) is 5.84. The molecular formula is C17H26N6O2. The number of amides is 2. The molecule has 2 amide bonds. The highest BCUT2D eigenvalue weighted by molar-refractivity contribution is 5.96. The minimum Gasteiger partial charge on any atom is -0.350 e. The first-order valence-electron chi connectivity index (χ1n) is 9.38. The lowest BCUT2D eigenvalue weighted by atomic mass is 9.87. The minimum atomic E-state index is -0.149. The summed E-state index contributed by atoms with van der Waals surface area (Å²) < 4.78 is 1.90. The lowest BCUT2D eigenvalue weighted by molar-refractivity contribution is -0.127. The fraction of sp³-hybridized carbons (Fsp3) is 0.765. The summed E-state index contributed by atoms with van der Waals surface area (Å²) >= 11 is 0. The number of hydrogen-bond acceptors (Lipinski definition) is 5. The second-order valence-corrected chi connectivity index (χ2v) is 7.41. The molecule has 0 bridgehead atoms. The van der Waals surface area contributed by atoms with E-state index in [0.29, 0.717) is 11.7 Å². The van der Waals surface area contributed by atoms with Crippen molar-refractivity contribution in [3.63, 3.8) is 0 Å². The average molecular weight is 346 g/mol. The van der Waals surface area contributed by atoms with Crippen LogP contribution >= 0.6 is 0 Å². The molecule has 3 fully saturated rings. The number of rotatable bonds is 2. The zero-order valence-corrected chi connectivity index (χ0v) is 14.7. The molecule has 1 aromatic heterocycles. The summed E-state index contributed by atoms with van der Waals surface area (Å²) in [5, 5.41) is 14.9. The van der Waals surface area contributed by atoms with Crippen molar-refractivity contribution in [1.82, 2.24) is 30.5 Å². The van der Waals surface area contributed by atoms with Crippen LogP contribution in [-0.4, -0.2) is 63.4 Å². The van der Waals surface area contributed by atoms with Crippen LogP contribution in [0.3, 0.4) is 0 Å². The van der Waals surface area contributed by atoms with Crippen molar-refractivity contribution in [2.45, 2.75) is 63.6 Å². The van der Waals surface area contributed by atoms with Gasteiger partial charge >= 0.3 is 0 Å². The summed E-state index contributed by atoms with van der Waals surface area (Å²) in [6.07, 6.45) is 6.08. The first-order valence-corrected chi connectivity index (χ1v) is 9.38. The normalized spacial score (nSPS) is 27.7. The van der Waals surface area contributed by atoms with Gasteiger partial charge in [-0.2, -0.15) is 0 Å². The van der Waals surface area contributed by atoms with Gasteiger partial charge in [0.25, 0.3) is 5.91 Å². The van der Waals surface area contributed by atoms with Gasteiger partial charge in [-0.05, 0) is 45.7 Å². The molecule has 2 atom stereocenters. The number of piperazine rings is 1. The molecule has 4 rings (SSSR count). The fourth-order valence-electron chi connectivity index (χ4n) is 4.47. The third kappa shape index (κ3) is 3.03. The summed E-state index contributed by atoms with van der Waals surface area (Å²) in [6, 6.07) is 0.462. The molecule has 3 aliphatic rings. The van der Waals surface area contributed by atoms with E-state index in [0.717, 1.165) is 57.3 Å². The lowest BCUT2D eigenvalue weighted by Gasteiger charge is -2.43. The molecule has 1 aliphatic carbocycles. The van der Waals surface area contributed by atoms with Gasteiger partial charge in [-0.25, -0.2) is 4.68 Å². The molecule has 1 aromatic rings. The van der Waals surface area contributed by atoms with Crippen molar-refractivity contribution in [2.24, 2.45) is 0 Å². The van der Waals surface area contributed by atoms with E-state index in [-0.39, 0.29) is 30.4 Å². The molecule has 2 saturated heterocycles. The van der Waals surface area contributed by atoms with Crippen LogP contribution in [0, 0.1) is 6.92 Å². The minimum absolute atomic E-state index is 0.0695. The topological polar surface area (TPSA) is 92.2 Å². The van der Waals surface area contributed by atoms with E-state index in [9.17, 15) is 9.59 Å². The summed E-state index contributed by atoms with van der Waals surface area (Å²) in [4.78, 5) is 26.9. The molecule has 0 aromatic carbocycles. The van der Waals surface area contributed by atoms with Crippen molar-refractivity contribution in [3.05, 3.63) is 11.4 Å². The van der Waals surface area contributed by atoms with Crippen LogP contribution in [0.1, 0.15) is 60.7 Å². The van der Waals surface area contributed by atoms with E-state index in [2.05, 4.69) is 20.9 Å². The van der Waals surface area contributed by atoms with Crippen molar-refractivity contribution in [1.29, 1.82) is 0 Å².